The van der Waals surface area contributed by atoms with Crippen LogP contribution in [0.4, 0.5) is 0 Å². The van der Waals surface area contributed by atoms with Crippen LogP contribution in [-0.4, -0.2) is 66.3 Å². The first-order valence-electron chi connectivity index (χ1n) is 9.19. The molecule has 2 aliphatic heterocycles. The number of carbonyl (C=O) groups is 3. The lowest BCUT2D eigenvalue weighted by atomic mass is 10.1. The maximum Gasteiger partial charge on any atom is 0.254 e. The molecule has 2 fully saturated rings. The van der Waals surface area contributed by atoms with Crippen molar-refractivity contribution < 1.29 is 19.1 Å². The third kappa shape index (κ3) is 3.98. The van der Waals surface area contributed by atoms with Gasteiger partial charge in [-0.05, 0) is 37.1 Å². The smallest absolute Gasteiger partial charge is 0.254 e. The highest BCUT2D eigenvalue weighted by Crippen LogP contribution is 2.17. The third-order valence-electron chi connectivity index (χ3n) is 4.88. The highest BCUT2D eigenvalue weighted by molar-refractivity contribution is 5.98. The van der Waals surface area contributed by atoms with Crippen LogP contribution in [0.3, 0.4) is 0 Å². The molecular formula is C19H25N3O4. The van der Waals surface area contributed by atoms with E-state index < -0.39 is 6.04 Å². The molecule has 26 heavy (non-hydrogen) atoms. The summed E-state index contributed by atoms with van der Waals surface area (Å²) in [6, 6.07) is 6.54. The normalized spacial score (nSPS) is 20.3. The molecular weight excluding hydrogens is 334 g/mol. The van der Waals surface area contributed by atoms with Crippen LogP contribution in [0, 0.1) is 0 Å². The molecule has 0 radical (unpaired) electrons. The Morgan fingerprint density at radius 2 is 2.00 bits per heavy atom. The molecule has 0 saturated carbocycles. The fourth-order valence-corrected chi connectivity index (χ4v) is 3.44. The summed E-state index contributed by atoms with van der Waals surface area (Å²) in [6.45, 7) is 4.72. The number of amides is 3. The predicted octanol–water partition coefficient (Wildman–Crippen LogP) is 1.04. The number of nitrogens with zero attached hydrogens (tertiary/aromatic N) is 2. The number of piperazine rings is 1. The van der Waals surface area contributed by atoms with E-state index in [9.17, 15) is 14.4 Å². The number of carbonyl (C=O) groups excluding carboxylic acids is 3. The summed E-state index contributed by atoms with van der Waals surface area (Å²) in [5.41, 5.74) is 0.542. The molecule has 3 amide bonds. The van der Waals surface area contributed by atoms with Crippen LogP contribution in [0.25, 0.3) is 0 Å². The lowest BCUT2D eigenvalue weighted by Gasteiger charge is -2.34. The molecule has 0 bridgehead atoms. The quantitative estimate of drug-likeness (QED) is 0.823. The summed E-state index contributed by atoms with van der Waals surface area (Å²) in [4.78, 5) is 39.6. The Hall–Kier alpha value is -2.57. The van der Waals surface area contributed by atoms with Crippen LogP contribution in [0.5, 0.6) is 5.75 Å². The summed E-state index contributed by atoms with van der Waals surface area (Å²) < 4.78 is 5.67. The lowest BCUT2D eigenvalue weighted by Crippen LogP contribution is -2.56. The van der Waals surface area contributed by atoms with Crippen LogP contribution in [0.1, 0.15) is 36.5 Å². The van der Waals surface area contributed by atoms with Crippen molar-refractivity contribution in [3.8, 4) is 5.75 Å². The number of benzene rings is 1. The van der Waals surface area contributed by atoms with E-state index in [2.05, 4.69) is 5.32 Å². The van der Waals surface area contributed by atoms with Gasteiger partial charge < -0.3 is 19.9 Å². The number of hydrogen-bond acceptors (Lipinski definition) is 4. The van der Waals surface area contributed by atoms with Crippen molar-refractivity contribution in [2.45, 2.75) is 32.2 Å². The average molecular weight is 359 g/mol. The second-order valence-electron chi connectivity index (χ2n) is 6.57. The van der Waals surface area contributed by atoms with Crippen molar-refractivity contribution in [3.05, 3.63) is 29.8 Å². The minimum absolute atomic E-state index is 0.0940. The standard InChI is InChI=1S/C19H25N3O4/c1-2-16-18(24)20-9-11-22(16)19(25)14-5-7-15(8-6-14)26-13-12-21-10-3-4-17(21)23/h5-8,16H,2-4,9-13H2,1H3,(H,20,24)/t16-/m1/s1. The van der Waals surface area contributed by atoms with Gasteiger partial charge in [0.2, 0.25) is 11.8 Å². The van der Waals surface area contributed by atoms with Crippen molar-refractivity contribution in [3.63, 3.8) is 0 Å². The Balaban J connectivity index is 1.55. The van der Waals surface area contributed by atoms with Crippen LogP contribution >= 0.6 is 0 Å². The first-order chi connectivity index (χ1) is 12.6. The zero-order valence-electron chi connectivity index (χ0n) is 15.1. The highest BCUT2D eigenvalue weighted by atomic mass is 16.5. The van der Waals surface area contributed by atoms with E-state index in [1.807, 2.05) is 11.8 Å². The molecule has 7 nitrogen and oxygen atoms in total. The summed E-state index contributed by atoms with van der Waals surface area (Å²) in [5, 5.41) is 2.80. The summed E-state index contributed by atoms with van der Waals surface area (Å²) >= 11 is 0. The molecule has 2 heterocycles. The van der Waals surface area contributed by atoms with Crippen LogP contribution in [0.15, 0.2) is 24.3 Å². The van der Waals surface area contributed by atoms with E-state index in [-0.39, 0.29) is 17.7 Å². The van der Waals surface area contributed by atoms with Gasteiger partial charge in [0.15, 0.2) is 0 Å². The molecule has 1 aromatic rings. The second kappa shape index (κ2) is 8.21. The van der Waals surface area contributed by atoms with E-state index in [0.29, 0.717) is 50.4 Å². The van der Waals surface area contributed by atoms with E-state index >= 15 is 0 Å². The number of likely N-dealkylation sites (tertiary alicyclic amines) is 1. The fraction of sp³-hybridized carbons (Fsp3) is 0.526. The minimum Gasteiger partial charge on any atom is -0.492 e. The van der Waals surface area contributed by atoms with Gasteiger partial charge in [-0.1, -0.05) is 6.92 Å². The SMILES string of the molecule is CC[C@@H]1C(=O)NCCN1C(=O)c1ccc(OCCN2CCCC2=O)cc1. The first-order valence-corrected chi connectivity index (χ1v) is 9.19. The molecule has 140 valence electrons. The number of hydrogen-bond donors (Lipinski definition) is 1. The molecule has 1 N–H and O–H groups in total. The predicted molar refractivity (Wildman–Crippen MR) is 95.9 cm³/mol. The summed E-state index contributed by atoms with van der Waals surface area (Å²) in [6.07, 6.45) is 2.14. The highest BCUT2D eigenvalue weighted by Gasteiger charge is 2.32. The van der Waals surface area contributed by atoms with E-state index in [1.165, 1.54) is 0 Å². The average Bonchev–Trinajstić information content (AvgIpc) is 3.06. The third-order valence-corrected chi connectivity index (χ3v) is 4.88. The molecule has 1 aromatic carbocycles. The monoisotopic (exact) mass is 359 g/mol. The molecule has 7 heteroatoms. The van der Waals surface area contributed by atoms with Crippen LogP contribution < -0.4 is 10.1 Å². The van der Waals surface area contributed by atoms with Gasteiger partial charge >= 0.3 is 0 Å². The zero-order valence-corrected chi connectivity index (χ0v) is 15.1. The van der Waals surface area contributed by atoms with E-state index in [4.69, 9.17) is 4.74 Å². The van der Waals surface area contributed by atoms with Gasteiger partial charge in [0.05, 0.1) is 6.54 Å². The Morgan fingerprint density at radius 3 is 2.65 bits per heavy atom. The zero-order chi connectivity index (χ0) is 18.5. The molecule has 0 spiro atoms. The second-order valence-corrected chi connectivity index (χ2v) is 6.57. The van der Waals surface area contributed by atoms with E-state index in [0.717, 1.165) is 13.0 Å². The first kappa shape index (κ1) is 18.2. The molecule has 0 aliphatic carbocycles. The molecule has 3 rings (SSSR count). The molecule has 1 atom stereocenters. The number of nitrogens with one attached hydrogen (secondary N) is 1. The van der Waals surface area contributed by atoms with Crippen LogP contribution in [-0.2, 0) is 9.59 Å². The molecule has 2 saturated heterocycles. The molecule has 0 aromatic heterocycles. The van der Waals surface area contributed by atoms with Gasteiger partial charge in [-0.15, -0.1) is 0 Å². The number of rotatable bonds is 6. The maximum atomic E-state index is 12.7. The Bertz CT molecular complexity index is 674. The lowest BCUT2D eigenvalue weighted by molar-refractivity contribution is -0.128. The largest absolute Gasteiger partial charge is 0.492 e. The van der Waals surface area contributed by atoms with Gasteiger partial charge in [0.25, 0.3) is 5.91 Å². The molecule has 2 aliphatic rings. The topological polar surface area (TPSA) is 79.0 Å². The number of ether oxygens (including phenoxy) is 1. The van der Waals surface area contributed by atoms with Gasteiger partial charge in [-0.25, -0.2) is 0 Å². The van der Waals surface area contributed by atoms with Gasteiger partial charge in [0.1, 0.15) is 18.4 Å². The van der Waals surface area contributed by atoms with Gasteiger partial charge in [-0.2, -0.15) is 0 Å². The fourth-order valence-electron chi connectivity index (χ4n) is 3.44. The Morgan fingerprint density at radius 1 is 1.23 bits per heavy atom. The molecule has 0 unspecified atom stereocenters. The summed E-state index contributed by atoms with van der Waals surface area (Å²) in [5.74, 6) is 0.617. The Kier molecular flexibility index (Phi) is 5.75. The van der Waals surface area contributed by atoms with E-state index in [1.54, 1.807) is 29.2 Å². The van der Waals surface area contributed by atoms with Crippen molar-refractivity contribution in [2.24, 2.45) is 0 Å². The van der Waals surface area contributed by atoms with Crippen molar-refractivity contribution in [2.75, 3.05) is 32.8 Å². The van der Waals surface area contributed by atoms with Crippen LogP contribution in [0.2, 0.25) is 0 Å². The Labute approximate surface area is 153 Å². The maximum absolute atomic E-state index is 12.7. The van der Waals surface area contributed by atoms with Gasteiger partial charge in [-0.3, -0.25) is 14.4 Å². The van der Waals surface area contributed by atoms with Crippen molar-refractivity contribution >= 4 is 17.7 Å². The van der Waals surface area contributed by atoms with Gasteiger partial charge in [0, 0.05) is 31.6 Å². The van der Waals surface area contributed by atoms with Crippen molar-refractivity contribution in [1.82, 2.24) is 15.1 Å². The summed E-state index contributed by atoms with van der Waals surface area (Å²) in [7, 11) is 0. The minimum atomic E-state index is -0.412. The van der Waals surface area contributed by atoms with Crippen molar-refractivity contribution in [1.29, 1.82) is 0 Å².